The lowest BCUT2D eigenvalue weighted by atomic mass is 10.1. The van der Waals surface area contributed by atoms with Crippen LogP contribution in [0, 0.1) is 25.5 Å². The maximum absolute atomic E-state index is 13.8. The average molecular weight is 483 g/mol. The van der Waals surface area contributed by atoms with Crippen molar-refractivity contribution >= 4 is 32.8 Å². The van der Waals surface area contributed by atoms with Gasteiger partial charge in [0.2, 0.25) is 0 Å². The Bertz CT molecular complexity index is 1180. The van der Waals surface area contributed by atoms with Gasteiger partial charge in [-0.1, -0.05) is 6.07 Å². The van der Waals surface area contributed by atoms with Crippen LogP contribution in [0.2, 0.25) is 0 Å². The van der Waals surface area contributed by atoms with Crippen LogP contribution in [0.15, 0.2) is 51.7 Å². The Morgan fingerprint density at radius 3 is 2.52 bits per heavy atom. The molecule has 0 saturated carbocycles. The van der Waals surface area contributed by atoms with Crippen LogP contribution in [-0.2, 0) is 6.61 Å². The molecule has 29 heavy (non-hydrogen) atoms. The van der Waals surface area contributed by atoms with E-state index < -0.39 is 22.4 Å². The fourth-order valence-electron chi connectivity index (χ4n) is 2.85. The molecule has 2 aromatic carbocycles. The van der Waals surface area contributed by atoms with Gasteiger partial charge in [0.25, 0.3) is 10.8 Å². The van der Waals surface area contributed by atoms with Crippen molar-refractivity contribution in [3.8, 4) is 11.4 Å². The molecule has 1 heterocycles. The summed E-state index contributed by atoms with van der Waals surface area (Å²) in [5.74, 6) is -1.20. The number of benzene rings is 2. The van der Waals surface area contributed by atoms with Gasteiger partial charge >= 0.3 is 0 Å². The Hall–Kier alpha value is -2.51. The monoisotopic (exact) mass is 481 g/mol. The second kappa shape index (κ2) is 8.47. The van der Waals surface area contributed by atoms with E-state index in [0.717, 1.165) is 17.7 Å². The Kier molecular flexibility index (Phi) is 6.19. The number of hydrogen-bond donors (Lipinski definition) is 0. The molecule has 150 valence electrons. The van der Waals surface area contributed by atoms with E-state index in [1.165, 1.54) is 10.6 Å². The molecule has 4 nitrogen and oxygen atoms in total. The fourth-order valence-corrected chi connectivity index (χ4v) is 3.38. The molecule has 0 N–H and O–H groups in total. The first-order chi connectivity index (χ1) is 13.7. The second-order valence-corrected chi connectivity index (χ2v) is 7.54. The Morgan fingerprint density at radius 1 is 1.14 bits per heavy atom. The van der Waals surface area contributed by atoms with Gasteiger partial charge in [0, 0.05) is 29.0 Å². The lowest BCUT2D eigenvalue weighted by molar-refractivity contribution is 0.108. The molecule has 0 fully saturated rings. The summed E-state index contributed by atoms with van der Waals surface area (Å²) >= 11 is 8.80. The van der Waals surface area contributed by atoms with Crippen molar-refractivity contribution in [2.75, 3.05) is 0 Å². The first kappa shape index (κ1) is 21.2. The highest BCUT2D eigenvalue weighted by atomic mass is 79.9. The summed E-state index contributed by atoms with van der Waals surface area (Å²) in [6.07, 6.45) is 0. The van der Waals surface area contributed by atoms with E-state index in [1.807, 2.05) is 0 Å². The minimum Gasteiger partial charge on any atom is -0.487 e. The summed E-state index contributed by atoms with van der Waals surface area (Å²) in [5, 5.41) is -0.628. The molecule has 0 radical (unpaired) electrons. The van der Waals surface area contributed by atoms with E-state index in [2.05, 4.69) is 15.9 Å². The summed E-state index contributed by atoms with van der Waals surface area (Å²) in [4.78, 5) is 24.5. The number of carbonyl (C=O) groups is 1. The standard InChI is InChI=1S/C21H15BrClF2NO3/c1-11-3-4-13(20(23)27)8-17(11)26-12(2)7-18(19(22)21(26)28)29-10-14-5-6-15(24)9-16(14)25/h3-9H,10H2,1-2H3. The van der Waals surface area contributed by atoms with Crippen molar-refractivity contribution in [1.82, 2.24) is 4.57 Å². The maximum atomic E-state index is 13.8. The molecule has 0 aliphatic heterocycles. The molecule has 0 amide bonds. The van der Waals surface area contributed by atoms with E-state index in [4.69, 9.17) is 16.3 Å². The molecule has 0 aliphatic rings. The molecule has 1 aromatic heterocycles. The zero-order valence-corrected chi connectivity index (χ0v) is 17.8. The van der Waals surface area contributed by atoms with Crippen LogP contribution in [0.4, 0.5) is 8.78 Å². The normalized spacial score (nSPS) is 10.8. The van der Waals surface area contributed by atoms with Gasteiger partial charge in [0.15, 0.2) is 0 Å². The van der Waals surface area contributed by atoms with E-state index in [9.17, 15) is 18.4 Å². The number of aromatic nitrogens is 1. The Labute approximate surface area is 178 Å². The summed E-state index contributed by atoms with van der Waals surface area (Å²) in [5.41, 5.74) is 1.82. The average Bonchev–Trinajstić information content (AvgIpc) is 2.66. The lowest BCUT2D eigenvalue weighted by Crippen LogP contribution is -2.23. The number of aryl methyl sites for hydroxylation is 2. The van der Waals surface area contributed by atoms with E-state index in [-0.39, 0.29) is 28.0 Å². The fraction of sp³-hybridized carbons (Fsp3) is 0.143. The predicted molar refractivity (Wildman–Crippen MR) is 110 cm³/mol. The third kappa shape index (κ3) is 4.41. The van der Waals surface area contributed by atoms with Crippen LogP contribution in [-0.4, -0.2) is 9.81 Å². The minimum absolute atomic E-state index is 0.132. The predicted octanol–water partition coefficient (Wildman–Crippen LogP) is 5.45. The summed E-state index contributed by atoms with van der Waals surface area (Å²) < 4.78 is 34.0. The third-order valence-electron chi connectivity index (χ3n) is 4.38. The molecule has 3 aromatic rings. The third-order valence-corrected chi connectivity index (χ3v) is 5.32. The van der Waals surface area contributed by atoms with Crippen molar-refractivity contribution in [1.29, 1.82) is 0 Å². The number of carbonyl (C=O) groups excluding carboxylic acids is 1. The van der Waals surface area contributed by atoms with Gasteiger partial charge in [-0.15, -0.1) is 0 Å². The molecule has 0 saturated heterocycles. The molecule has 0 atom stereocenters. The van der Waals surface area contributed by atoms with Gasteiger partial charge in [-0.25, -0.2) is 8.78 Å². The van der Waals surface area contributed by atoms with E-state index in [0.29, 0.717) is 11.4 Å². The van der Waals surface area contributed by atoms with Crippen molar-refractivity contribution in [3.63, 3.8) is 0 Å². The SMILES string of the molecule is Cc1ccc(C(=O)Cl)cc1-n1c(C)cc(OCc2ccc(F)cc2F)c(Br)c1=O. The van der Waals surface area contributed by atoms with Crippen LogP contribution in [0.5, 0.6) is 5.75 Å². The Balaban J connectivity index is 2.00. The molecule has 3 rings (SSSR count). The molecule has 0 unspecified atom stereocenters. The van der Waals surface area contributed by atoms with E-state index >= 15 is 0 Å². The number of pyridine rings is 1. The van der Waals surface area contributed by atoms with Crippen molar-refractivity contribution < 1.29 is 18.3 Å². The van der Waals surface area contributed by atoms with E-state index in [1.54, 1.807) is 38.1 Å². The number of halogens is 4. The number of ether oxygens (including phenoxy) is 1. The largest absolute Gasteiger partial charge is 0.487 e. The molecule has 0 spiro atoms. The van der Waals surface area contributed by atoms with Crippen molar-refractivity contribution in [3.05, 3.63) is 91.3 Å². The van der Waals surface area contributed by atoms with Crippen LogP contribution in [0.1, 0.15) is 27.2 Å². The molecular formula is C21H15BrClF2NO3. The zero-order chi connectivity index (χ0) is 21.3. The van der Waals surface area contributed by atoms with Crippen molar-refractivity contribution in [2.24, 2.45) is 0 Å². The minimum atomic E-state index is -0.732. The first-order valence-corrected chi connectivity index (χ1v) is 9.66. The van der Waals surface area contributed by atoms with Crippen LogP contribution < -0.4 is 10.3 Å². The van der Waals surface area contributed by atoms with Crippen molar-refractivity contribution in [2.45, 2.75) is 20.5 Å². The topological polar surface area (TPSA) is 48.3 Å². The molecular weight excluding hydrogens is 468 g/mol. The number of nitrogens with zero attached hydrogens (tertiary/aromatic N) is 1. The summed E-state index contributed by atoms with van der Waals surface area (Å²) in [7, 11) is 0. The number of rotatable bonds is 5. The Morgan fingerprint density at radius 2 is 1.86 bits per heavy atom. The molecule has 0 bridgehead atoms. The lowest BCUT2D eigenvalue weighted by Gasteiger charge is -2.17. The van der Waals surface area contributed by atoms with Crippen LogP contribution >= 0.6 is 27.5 Å². The highest BCUT2D eigenvalue weighted by molar-refractivity contribution is 9.10. The van der Waals surface area contributed by atoms with Gasteiger partial charge in [0.1, 0.15) is 28.5 Å². The quantitative estimate of drug-likeness (QED) is 0.454. The maximum Gasteiger partial charge on any atom is 0.273 e. The number of hydrogen-bond acceptors (Lipinski definition) is 3. The highest BCUT2D eigenvalue weighted by Crippen LogP contribution is 2.27. The van der Waals surface area contributed by atoms with Gasteiger partial charge in [-0.3, -0.25) is 14.2 Å². The molecule has 8 heteroatoms. The van der Waals surface area contributed by atoms with Gasteiger partial charge < -0.3 is 4.74 Å². The zero-order valence-electron chi connectivity index (χ0n) is 15.4. The smallest absolute Gasteiger partial charge is 0.273 e. The van der Waals surface area contributed by atoms with Crippen LogP contribution in [0.25, 0.3) is 5.69 Å². The van der Waals surface area contributed by atoms with Gasteiger partial charge in [-0.2, -0.15) is 0 Å². The van der Waals surface area contributed by atoms with Gasteiger partial charge in [0.05, 0.1) is 5.69 Å². The molecule has 0 aliphatic carbocycles. The van der Waals surface area contributed by atoms with Crippen LogP contribution in [0.3, 0.4) is 0 Å². The first-order valence-electron chi connectivity index (χ1n) is 8.48. The van der Waals surface area contributed by atoms with Gasteiger partial charge in [-0.05, 0) is 71.2 Å². The highest BCUT2D eigenvalue weighted by Gasteiger charge is 2.17. The summed E-state index contributed by atoms with van der Waals surface area (Å²) in [6, 6.07) is 9.62. The summed E-state index contributed by atoms with van der Waals surface area (Å²) in [6.45, 7) is 3.33. The second-order valence-electron chi connectivity index (χ2n) is 6.40.